The van der Waals surface area contributed by atoms with E-state index < -0.39 is 0 Å². The molecule has 0 N–H and O–H groups in total. The molecule has 3 aromatic carbocycles. The third kappa shape index (κ3) is 5.62. The van der Waals surface area contributed by atoms with Crippen LogP contribution in [-0.4, -0.2) is 13.3 Å². The molecule has 0 spiro atoms. The molecule has 30 heavy (non-hydrogen) atoms. The van der Waals surface area contributed by atoms with E-state index in [4.69, 9.17) is 19.6 Å². The molecule has 0 aliphatic heterocycles. The number of rotatable bonds is 8. The Morgan fingerprint density at radius 1 is 1.03 bits per heavy atom. The molecule has 0 radical (unpaired) electrons. The Kier molecular flexibility index (Phi) is 7.47. The van der Waals surface area contributed by atoms with E-state index in [1.54, 1.807) is 19.4 Å². The van der Waals surface area contributed by atoms with Crippen LogP contribution in [0.2, 0.25) is 0 Å². The van der Waals surface area contributed by atoms with Crippen LogP contribution in [-0.2, 0) is 18.1 Å². The predicted octanol–water partition coefficient (Wildman–Crippen LogP) is 5.77. The van der Waals surface area contributed by atoms with E-state index in [0.29, 0.717) is 23.7 Å². The molecule has 3 rings (SSSR count). The van der Waals surface area contributed by atoms with E-state index in [1.807, 2.05) is 42.5 Å². The van der Waals surface area contributed by atoms with E-state index in [9.17, 15) is 0 Å². The summed E-state index contributed by atoms with van der Waals surface area (Å²) in [7, 11) is 1.60. The number of nitriles is 1. The Hall–Kier alpha value is -3.30. The van der Waals surface area contributed by atoms with Crippen LogP contribution in [0.3, 0.4) is 0 Å². The van der Waals surface area contributed by atoms with Crippen molar-refractivity contribution in [3.63, 3.8) is 0 Å². The van der Waals surface area contributed by atoms with Crippen molar-refractivity contribution in [2.24, 2.45) is 5.16 Å². The van der Waals surface area contributed by atoms with Gasteiger partial charge in [0.25, 0.3) is 0 Å². The van der Waals surface area contributed by atoms with Crippen LogP contribution >= 0.6 is 15.9 Å². The van der Waals surface area contributed by atoms with Gasteiger partial charge in [-0.05, 0) is 46.6 Å². The van der Waals surface area contributed by atoms with Gasteiger partial charge in [0, 0.05) is 15.6 Å². The topological polar surface area (TPSA) is 63.8 Å². The second kappa shape index (κ2) is 10.5. The van der Waals surface area contributed by atoms with Gasteiger partial charge < -0.3 is 14.3 Å². The first-order valence-electron chi connectivity index (χ1n) is 9.30. The Morgan fingerprint density at radius 2 is 1.80 bits per heavy atom. The SMILES string of the molecule is COc1cc(/C=N\OCc2ccccc2C#N)c(Br)cc1OCc1ccc(C)cc1. The van der Waals surface area contributed by atoms with Gasteiger partial charge in [0.1, 0.15) is 13.2 Å². The lowest BCUT2D eigenvalue weighted by Crippen LogP contribution is -1.99. The number of methoxy groups -OCH3 is 1. The molecule has 0 aliphatic carbocycles. The molecule has 0 bridgehead atoms. The van der Waals surface area contributed by atoms with E-state index >= 15 is 0 Å². The van der Waals surface area contributed by atoms with E-state index in [2.05, 4.69) is 46.2 Å². The maximum absolute atomic E-state index is 9.13. The van der Waals surface area contributed by atoms with Crippen molar-refractivity contribution in [2.75, 3.05) is 7.11 Å². The summed E-state index contributed by atoms with van der Waals surface area (Å²) in [5.74, 6) is 1.23. The monoisotopic (exact) mass is 464 g/mol. The second-order valence-corrected chi connectivity index (χ2v) is 7.43. The van der Waals surface area contributed by atoms with Crippen molar-refractivity contribution in [1.82, 2.24) is 0 Å². The average Bonchev–Trinajstić information content (AvgIpc) is 2.77. The van der Waals surface area contributed by atoms with E-state index in [-0.39, 0.29) is 6.61 Å². The molecule has 152 valence electrons. The standard InChI is InChI=1S/C24H21BrN2O3/c1-17-7-9-18(10-8-17)15-29-24-12-22(25)21(11-23(24)28-2)14-27-30-16-20-6-4-3-5-19(20)13-26/h3-12,14H,15-16H2,1-2H3/b27-14-. The van der Waals surface area contributed by atoms with Crippen molar-refractivity contribution in [3.8, 4) is 17.6 Å². The molecular weight excluding hydrogens is 444 g/mol. The zero-order valence-corrected chi connectivity index (χ0v) is 18.3. The first kappa shape index (κ1) is 21.4. The molecule has 0 saturated heterocycles. The van der Waals surface area contributed by atoms with Gasteiger partial charge in [-0.3, -0.25) is 0 Å². The molecule has 0 aliphatic rings. The Balaban J connectivity index is 1.66. The highest BCUT2D eigenvalue weighted by Crippen LogP contribution is 2.33. The lowest BCUT2D eigenvalue weighted by molar-refractivity contribution is 0.132. The Bertz CT molecular complexity index is 1070. The number of hydrogen-bond donors (Lipinski definition) is 0. The van der Waals surface area contributed by atoms with Crippen molar-refractivity contribution in [2.45, 2.75) is 20.1 Å². The number of hydrogen-bond acceptors (Lipinski definition) is 5. The van der Waals surface area contributed by atoms with Crippen LogP contribution < -0.4 is 9.47 Å². The third-order valence-electron chi connectivity index (χ3n) is 4.42. The number of ether oxygens (including phenoxy) is 2. The zero-order valence-electron chi connectivity index (χ0n) is 16.8. The van der Waals surface area contributed by atoms with Gasteiger partial charge in [0.2, 0.25) is 0 Å². The third-order valence-corrected chi connectivity index (χ3v) is 5.11. The first-order chi connectivity index (χ1) is 14.6. The fourth-order valence-corrected chi connectivity index (χ4v) is 3.15. The molecule has 0 saturated carbocycles. The van der Waals surface area contributed by atoms with Crippen LogP contribution in [0.4, 0.5) is 0 Å². The fraction of sp³-hybridized carbons (Fsp3) is 0.167. The van der Waals surface area contributed by atoms with Crippen LogP contribution in [0.15, 0.2) is 70.3 Å². The largest absolute Gasteiger partial charge is 0.493 e. The zero-order chi connectivity index (χ0) is 21.3. The van der Waals surface area contributed by atoms with Crippen LogP contribution in [0.1, 0.15) is 27.8 Å². The molecule has 0 amide bonds. The molecule has 6 heteroatoms. The van der Waals surface area contributed by atoms with Gasteiger partial charge in [-0.2, -0.15) is 5.26 Å². The minimum absolute atomic E-state index is 0.215. The van der Waals surface area contributed by atoms with Gasteiger partial charge in [0.05, 0.1) is 25.0 Å². The molecule has 0 aromatic heterocycles. The van der Waals surface area contributed by atoms with E-state index in [0.717, 1.165) is 21.2 Å². The summed E-state index contributed by atoms with van der Waals surface area (Å²) in [5.41, 5.74) is 4.43. The summed E-state index contributed by atoms with van der Waals surface area (Å²) in [6, 6.07) is 21.3. The van der Waals surface area contributed by atoms with Crippen LogP contribution in [0, 0.1) is 18.3 Å². The highest BCUT2D eigenvalue weighted by atomic mass is 79.9. The lowest BCUT2D eigenvalue weighted by atomic mass is 10.1. The number of nitrogens with zero attached hydrogens (tertiary/aromatic N) is 2. The number of oxime groups is 1. The number of aryl methyl sites for hydroxylation is 1. The minimum atomic E-state index is 0.215. The van der Waals surface area contributed by atoms with Gasteiger partial charge in [-0.15, -0.1) is 0 Å². The molecule has 0 atom stereocenters. The van der Waals surface area contributed by atoms with Crippen molar-refractivity contribution in [3.05, 3.63) is 93.0 Å². The van der Waals surface area contributed by atoms with Gasteiger partial charge in [-0.25, -0.2) is 0 Å². The highest BCUT2D eigenvalue weighted by molar-refractivity contribution is 9.10. The Morgan fingerprint density at radius 3 is 2.53 bits per heavy atom. The van der Waals surface area contributed by atoms with Gasteiger partial charge >= 0.3 is 0 Å². The summed E-state index contributed by atoms with van der Waals surface area (Å²) in [4.78, 5) is 5.37. The highest BCUT2D eigenvalue weighted by Gasteiger charge is 2.10. The van der Waals surface area contributed by atoms with Crippen LogP contribution in [0.25, 0.3) is 0 Å². The lowest BCUT2D eigenvalue weighted by Gasteiger charge is -2.13. The summed E-state index contributed by atoms with van der Waals surface area (Å²) in [6.45, 7) is 2.71. The van der Waals surface area contributed by atoms with Crippen LogP contribution in [0.5, 0.6) is 11.5 Å². The van der Waals surface area contributed by atoms with Gasteiger partial charge in [0.15, 0.2) is 11.5 Å². The first-order valence-corrected chi connectivity index (χ1v) is 10.1. The summed E-state index contributed by atoms with van der Waals surface area (Å²) in [6.07, 6.45) is 1.59. The summed E-state index contributed by atoms with van der Waals surface area (Å²) < 4.78 is 12.2. The molecule has 0 heterocycles. The Labute approximate surface area is 184 Å². The van der Waals surface area contributed by atoms with Crippen molar-refractivity contribution in [1.29, 1.82) is 5.26 Å². The second-order valence-electron chi connectivity index (χ2n) is 6.58. The van der Waals surface area contributed by atoms with Crippen molar-refractivity contribution >= 4 is 22.1 Å². The van der Waals surface area contributed by atoms with E-state index in [1.165, 1.54) is 5.56 Å². The molecule has 0 unspecified atom stereocenters. The molecule has 5 nitrogen and oxygen atoms in total. The average molecular weight is 465 g/mol. The maximum Gasteiger partial charge on any atom is 0.162 e. The van der Waals surface area contributed by atoms with Crippen molar-refractivity contribution < 1.29 is 14.3 Å². The normalized spacial score (nSPS) is 10.6. The smallest absolute Gasteiger partial charge is 0.162 e. The molecule has 3 aromatic rings. The summed E-state index contributed by atoms with van der Waals surface area (Å²) >= 11 is 3.54. The maximum atomic E-state index is 9.13. The van der Waals surface area contributed by atoms with Gasteiger partial charge in [-0.1, -0.05) is 53.2 Å². The summed E-state index contributed by atoms with van der Waals surface area (Å²) in [5, 5.41) is 13.1. The quantitative estimate of drug-likeness (QED) is 0.313. The number of benzene rings is 3. The fourth-order valence-electron chi connectivity index (χ4n) is 2.72. The molecular formula is C24H21BrN2O3. The molecule has 0 fully saturated rings. The predicted molar refractivity (Wildman–Crippen MR) is 120 cm³/mol. The minimum Gasteiger partial charge on any atom is -0.493 e. The number of halogens is 1.